The molecule has 1 N–H and O–H groups in total. The highest BCUT2D eigenvalue weighted by Gasteiger charge is 2.16. The van der Waals surface area contributed by atoms with E-state index in [1.165, 1.54) is 0 Å². The largest absolute Gasteiger partial charge is 0.493 e. The van der Waals surface area contributed by atoms with E-state index in [9.17, 15) is 5.11 Å². The molecule has 0 saturated heterocycles. The van der Waals surface area contributed by atoms with Crippen LogP contribution in [0.4, 0.5) is 11.4 Å². The van der Waals surface area contributed by atoms with Gasteiger partial charge >= 0.3 is 0 Å². The molecule has 0 radical (unpaired) electrons. The minimum Gasteiger partial charge on any atom is -0.493 e. The number of aromatic nitrogens is 1. The standard InChI is InChI=1S/C22H19N3O2/c26-22-21(24-23-17-9-3-1-4-10-17)19-13-7-8-14-20(19)25(22)15-16-27-18-11-5-2-6-12-18/h1-14,26H,15-16H2. The Morgan fingerprint density at radius 2 is 1.44 bits per heavy atom. The summed E-state index contributed by atoms with van der Waals surface area (Å²) in [6.07, 6.45) is 0. The van der Waals surface area contributed by atoms with Gasteiger partial charge < -0.3 is 14.4 Å². The average Bonchev–Trinajstić information content (AvgIpc) is 2.99. The molecule has 3 aromatic carbocycles. The van der Waals surface area contributed by atoms with E-state index in [2.05, 4.69) is 10.2 Å². The molecule has 0 amide bonds. The summed E-state index contributed by atoms with van der Waals surface area (Å²) < 4.78 is 7.57. The minimum atomic E-state index is 0.0903. The van der Waals surface area contributed by atoms with Crippen LogP contribution in [0.2, 0.25) is 0 Å². The Hall–Kier alpha value is -3.60. The monoisotopic (exact) mass is 357 g/mol. The molecule has 0 aliphatic carbocycles. The SMILES string of the molecule is Oc1c(N=Nc2ccccc2)c2ccccc2n1CCOc1ccccc1. The third-order valence-electron chi connectivity index (χ3n) is 4.27. The Morgan fingerprint density at radius 3 is 2.22 bits per heavy atom. The van der Waals surface area contributed by atoms with E-state index >= 15 is 0 Å². The highest BCUT2D eigenvalue weighted by atomic mass is 16.5. The van der Waals surface area contributed by atoms with Crippen LogP contribution in [0, 0.1) is 0 Å². The van der Waals surface area contributed by atoms with Crippen molar-refractivity contribution >= 4 is 22.3 Å². The smallest absolute Gasteiger partial charge is 0.220 e. The first-order chi connectivity index (χ1) is 13.3. The molecule has 0 unspecified atom stereocenters. The minimum absolute atomic E-state index is 0.0903. The number of hydrogen-bond acceptors (Lipinski definition) is 4. The van der Waals surface area contributed by atoms with Crippen LogP contribution in [0.25, 0.3) is 10.9 Å². The summed E-state index contributed by atoms with van der Waals surface area (Å²) in [7, 11) is 0. The molecule has 1 aromatic heterocycles. The van der Waals surface area contributed by atoms with Crippen molar-refractivity contribution in [3.63, 3.8) is 0 Å². The van der Waals surface area contributed by atoms with Gasteiger partial charge in [0, 0.05) is 5.39 Å². The first-order valence-corrected chi connectivity index (χ1v) is 8.78. The predicted molar refractivity (Wildman–Crippen MR) is 106 cm³/mol. The maximum Gasteiger partial charge on any atom is 0.220 e. The van der Waals surface area contributed by atoms with Crippen molar-refractivity contribution in [2.45, 2.75) is 6.54 Å². The summed E-state index contributed by atoms with van der Waals surface area (Å²) in [5.74, 6) is 0.894. The number of benzene rings is 3. The summed E-state index contributed by atoms with van der Waals surface area (Å²) in [5, 5.41) is 20.2. The van der Waals surface area contributed by atoms with E-state index in [1.54, 1.807) is 4.57 Å². The molecule has 5 nitrogen and oxygen atoms in total. The molecule has 0 aliphatic heterocycles. The van der Waals surface area contributed by atoms with Gasteiger partial charge in [-0.25, -0.2) is 0 Å². The van der Waals surface area contributed by atoms with Gasteiger partial charge in [0.2, 0.25) is 5.88 Å². The molecule has 4 aromatic rings. The summed E-state index contributed by atoms with van der Waals surface area (Å²) in [4.78, 5) is 0. The summed E-state index contributed by atoms with van der Waals surface area (Å²) in [6, 6.07) is 26.8. The zero-order valence-electron chi connectivity index (χ0n) is 14.7. The number of aromatic hydroxyl groups is 1. The quantitative estimate of drug-likeness (QED) is 0.441. The van der Waals surface area contributed by atoms with E-state index in [0.29, 0.717) is 18.8 Å². The molecule has 0 atom stereocenters. The molecule has 4 rings (SSSR count). The van der Waals surface area contributed by atoms with Crippen LogP contribution >= 0.6 is 0 Å². The Balaban J connectivity index is 1.61. The number of para-hydroxylation sites is 2. The molecule has 134 valence electrons. The maximum absolute atomic E-state index is 10.7. The zero-order valence-corrected chi connectivity index (χ0v) is 14.7. The van der Waals surface area contributed by atoms with Crippen LogP contribution in [0.5, 0.6) is 11.6 Å². The Labute approximate surface area is 157 Å². The van der Waals surface area contributed by atoms with Crippen LogP contribution in [0.3, 0.4) is 0 Å². The second-order valence-electron chi connectivity index (χ2n) is 6.04. The molecule has 27 heavy (non-hydrogen) atoms. The Morgan fingerprint density at radius 1 is 0.778 bits per heavy atom. The topological polar surface area (TPSA) is 59.1 Å². The maximum atomic E-state index is 10.7. The second kappa shape index (κ2) is 7.74. The summed E-state index contributed by atoms with van der Waals surface area (Å²) in [5.41, 5.74) is 2.10. The second-order valence-corrected chi connectivity index (χ2v) is 6.04. The van der Waals surface area contributed by atoms with Gasteiger partial charge in [-0.3, -0.25) is 0 Å². The molecule has 1 heterocycles. The van der Waals surface area contributed by atoms with E-state index in [4.69, 9.17) is 4.74 Å². The molecule has 0 aliphatic rings. The van der Waals surface area contributed by atoms with Gasteiger partial charge in [0.25, 0.3) is 0 Å². The summed E-state index contributed by atoms with van der Waals surface area (Å²) in [6.45, 7) is 0.938. The zero-order chi connectivity index (χ0) is 18.5. The fraction of sp³-hybridized carbons (Fsp3) is 0.0909. The lowest BCUT2D eigenvalue weighted by molar-refractivity contribution is 0.290. The fourth-order valence-electron chi connectivity index (χ4n) is 2.97. The lowest BCUT2D eigenvalue weighted by atomic mass is 10.2. The van der Waals surface area contributed by atoms with E-state index < -0.39 is 0 Å². The van der Waals surface area contributed by atoms with E-state index in [1.807, 2.05) is 84.9 Å². The molecule has 0 bridgehead atoms. The van der Waals surface area contributed by atoms with Crippen LogP contribution in [0.15, 0.2) is 95.2 Å². The van der Waals surface area contributed by atoms with Gasteiger partial charge in [-0.05, 0) is 30.3 Å². The lowest BCUT2D eigenvalue weighted by Crippen LogP contribution is -2.07. The van der Waals surface area contributed by atoms with Crippen molar-refractivity contribution in [1.29, 1.82) is 0 Å². The highest BCUT2D eigenvalue weighted by Crippen LogP contribution is 2.39. The predicted octanol–water partition coefficient (Wildman–Crippen LogP) is 5.84. The lowest BCUT2D eigenvalue weighted by Gasteiger charge is -2.09. The first-order valence-electron chi connectivity index (χ1n) is 8.78. The van der Waals surface area contributed by atoms with Crippen LogP contribution in [-0.2, 0) is 6.54 Å². The van der Waals surface area contributed by atoms with Crippen molar-refractivity contribution in [3.8, 4) is 11.6 Å². The molecular weight excluding hydrogens is 338 g/mol. The van der Waals surface area contributed by atoms with Crippen LogP contribution < -0.4 is 4.74 Å². The van der Waals surface area contributed by atoms with Crippen molar-refractivity contribution in [3.05, 3.63) is 84.9 Å². The van der Waals surface area contributed by atoms with Gasteiger partial charge in [0.1, 0.15) is 12.4 Å². The third kappa shape index (κ3) is 3.67. The number of fused-ring (bicyclic) bond motifs is 1. The third-order valence-corrected chi connectivity index (χ3v) is 4.27. The number of azo groups is 1. The number of ether oxygens (including phenoxy) is 1. The normalized spacial score (nSPS) is 11.3. The Bertz CT molecular complexity index is 1060. The van der Waals surface area contributed by atoms with Gasteiger partial charge in [-0.15, -0.1) is 5.11 Å². The molecule has 0 spiro atoms. The fourth-order valence-corrected chi connectivity index (χ4v) is 2.97. The summed E-state index contributed by atoms with van der Waals surface area (Å²) >= 11 is 0. The van der Waals surface area contributed by atoms with Crippen molar-refractivity contribution in [2.75, 3.05) is 6.61 Å². The molecule has 5 heteroatoms. The first kappa shape index (κ1) is 16.8. The number of hydrogen-bond donors (Lipinski definition) is 1. The van der Waals surface area contributed by atoms with E-state index in [-0.39, 0.29) is 5.88 Å². The molecule has 0 saturated carbocycles. The van der Waals surface area contributed by atoms with Gasteiger partial charge in [0.05, 0.1) is 17.7 Å². The Kier molecular flexibility index (Phi) is 4.83. The van der Waals surface area contributed by atoms with Crippen molar-refractivity contribution < 1.29 is 9.84 Å². The number of nitrogens with zero attached hydrogens (tertiary/aromatic N) is 3. The molecule has 0 fully saturated rings. The van der Waals surface area contributed by atoms with Gasteiger partial charge in [-0.2, -0.15) is 5.11 Å². The van der Waals surface area contributed by atoms with Gasteiger partial charge in [-0.1, -0.05) is 54.6 Å². The van der Waals surface area contributed by atoms with Crippen LogP contribution in [0.1, 0.15) is 0 Å². The van der Waals surface area contributed by atoms with Gasteiger partial charge in [0.15, 0.2) is 5.69 Å². The van der Waals surface area contributed by atoms with E-state index in [0.717, 1.165) is 22.3 Å². The highest BCUT2D eigenvalue weighted by molar-refractivity contribution is 5.95. The van der Waals surface area contributed by atoms with Crippen LogP contribution in [-0.4, -0.2) is 16.3 Å². The average molecular weight is 357 g/mol. The molecular formula is C22H19N3O2. The number of rotatable bonds is 6. The van der Waals surface area contributed by atoms with Crippen molar-refractivity contribution in [1.82, 2.24) is 4.57 Å². The van der Waals surface area contributed by atoms with Crippen molar-refractivity contribution in [2.24, 2.45) is 10.2 Å².